The highest BCUT2D eigenvalue weighted by Crippen LogP contribution is 2.12. The molecule has 0 atom stereocenters. The molecular formula is C11H8ClN5O. The third kappa shape index (κ3) is 2.47. The second-order valence-corrected chi connectivity index (χ2v) is 3.93. The molecule has 0 aromatic carbocycles. The monoisotopic (exact) mass is 261 g/mol. The van der Waals surface area contributed by atoms with Gasteiger partial charge in [0.1, 0.15) is 17.3 Å². The summed E-state index contributed by atoms with van der Waals surface area (Å²) >= 11 is 5.67. The van der Waals surface area contributed by atoms with Gasteiger partial charge in [0.2, 0.25) is 0 Å². The van der Waals surface area contributed by atoms with Crippen LogP contribution in [0.4, 0.5) is 5.82 Å². The lowest BCUT2D eigenvalue weighted by atomic mass is 10.3. The molecule has 18 heavy (non-hydrogen) atoms. The number of nitrogens with zero attached hydrogens (tertiary/aromatic N) is 4. The lowest BCUT2D eigenvalue weighted by molar-refractivity contribution is 0.102. The van der Waals surface area contributed by atoms with Crippen LogP contribution in [-0.4, -0.2) is 20.7 Å². The summed E-state index contributed by atoms with van der Waals surface area (Å²) in [7, 11) is 1.66. The highest BCUT2D eigenvalue weighted by Gasteiger charge is 2.13. The van der Waals surface area contributed by atoms with Gasteiger partial charge < -0.3 is 5.32 Å². The topological polar surface area (TPSA) is 83.6 Å². The number of pyridine rings is 1. The molecule has 0 radical (unpaired) electrons. The first-order valence-corrected chi connectivity index (χ1v) is 5.34. The molecule has 2 rings (SSSR count). The van der Waals surface area contributed by atoms with Crippen LogP contribution in [0.3, 0.4) is 0 Å². The molecule has 0 bridgehead atoms. The first-order chi connectivity index (χ1) is 8.60. The minimum atomic E-state index is -0.443. The third-order valence-corrected chi connectivity index (χ3v) is 2.36. The van der Waals surface area contributed by atoms with Crippen LogP contribution in [0.15, 0.2) is 24.5 Å². The largest absolute Gasteiger partial charge is 0.303 e. The molecule has 90 valence electrons. The summed E-state index contributed by atoms with van der Waals surface area (Å²) in [4.78, 5) is 15.7. The van der Waals surface area contributed by atoms with Gasteiger partial charge in [-0.05, 0) is 12.1 Å². The maximum Gasteiger partial charge on any atom is 0.275 e. The zero-order valence-electron chi connectivity index (χ0n) is 9.38. The zero-order valence-corrected chi connectivity index (χ0v) is 10.1. The molecule has 2 aromatic heterocycles. The number of carbonyl (C=O) groups excluding carboxylic acids is 1. The summed E-state index contributed by atoms with van der Waals surface area (Å²) in [5, 5.41) is 15.8. The standard InChI is InChI=1S/C11H8ClN5O/c1-17-6-7(4-13)10(16-17)15-11(18)9-3-2-8(12)5-14-9/h2-3,5-6H,1H3,(H,15,16,18). The second kappa shape index (κ2) is 4.85. The van der Waals surface area contributed by atoms with E-state index in [9.17, 15) is 4.79 Å². The summed E-state index contributed by atoms with van der Waals surface area (Å²) in [6.07, 6.45) is 2.89. The van der Waals surface area contributed by atoms with E-state index in [1.807, 2.05) is 6.07 Å². The van der Waals surface area contributed by atoms with E-state index in [0.29, 0.717) is 10.6 Å². The average Bonchev–Trinajstić information content (AvgIpc) is 2.70. The molecule has 0 fully saturated rings. The molecule has 1 N–H and O–H groups in total. The number of nitriles is 1. The number of rotatable bonds is 2. The van der Waals surface area contributed by atoms with Crippen molar-refractivity contribution in [2.75, 3.05) is 5.32 Å². The molecule has 7 heteroatoms. The van der Waals surface area contributed by atoms with Crippen LogP contribution in [-0.2, 0) is 7.05 Å². The summed E-state index contributed by atoms with van der Waals surface area (Å²) in [5.41, 5.74) is 0.494. The van der Waals surface area contributed by atoms with Crippen molar-refractivity contribution in [2.24, 2.45) is 7.05 Å². The molecule has 0 aliphatic heterocycles. The number of hydrogen-bond acceptors (Lipinski definition) is 4. The molecule has 0 saturated heterocycles. The molecule has 0 spiro atoms. The van der Waals surface area contributed by atoms with Crippen LogP contribution in [0.25, 0.3) is 0 Å². The summed E-state index contributed by atoms with van der Waals surface area (Å²) in [6, 6.07) is 5.00. The van der Waals surface area contributed by atoms with Crippen LogP contribution >= 0.6 is 11.6 Å². The van der Waals surface area contributed by atoms with Crippen LogP contribution < -0.4 is 5.32 Å². The lowest BCUT2D eigenvalue weighted by Crippen LogP contribution is -2.14. The van der Waals surface area contributed by atoms with E-state index in [2.05, 4.69) is 15.4 Å². The first-order valence-electron chi connectivity index (χ1n) is 4.97. The quantitative estimate of drug-likeness (QED) is 0.890. The van der Waals surface area contributed by atoms with Gasteiger partial charge in [0.15, 0.2) is 5.82 Å². The molecule has 0 unspecified atom stereocenters. The average molecular weight is 262 g/mol. The van der Waals surface area contributed by atoms with Crippen molar-refractivity contribution in [3.63, 3.8) is 0 Å². The zero-order chi connectivity index (χ0) is 13.1. The van der Waals surface area contributed by atoms with E-state index in [-0.39, 0.29) is 11.5 Å². The van der Waals surface area contributed by atoms with Gasteiger partial charge in [-0.15, -0.1) is 0 Å². The molecular weight excluding hydrogens is 254 g/mol. The maximum absolute atomic E-state index is 11.8. The van der Waals surface area contributed by atoms with Crippen molar-refractivity contribution in [3.05, 3.63) is 40.8 Å². The molecule has 6 nitrogen and oxygen atoms in total. The number of halogens is 1. The van der Waals surface area contributed by atoms with E-state index in [1.165, 1.54) is 23.1 Å². The van der Waals surface area contributed by atoms with Crippen molar-refractivity contribution in [1.82, 2.24) is 14.8 Å². The van der Waals surface area contributed by atoms with Gasteiger partial charge in [-0.3, -0.25) is 9.48 Å². The Balaban J connectivity index is 2.21. The Morgan fingerprint density at radius 2 is 2.33 bits per heavy atom. The van der Waals surface area contributed by atoms with Crippen molar-refractivity contribution in [2.45, 2.75) is 0 Å². The fourth-order valence-electron chi connectivity index (χ4n) is 1.34. The molecule has 2 heterocycles. The second-order valence-electron chi connectivity index (χ2n) is 3.49. The number of hydrogen-bond donors (Lipinski definition) is 1. The lowest BCUT2D eigenvalue weighted by Gasteiger charge is -2.01. The van der Waals surface area contributed by atoms with Crippen molar-refractivity contribution < 1.29 is 4.79 Å². The van der Waals surface area contributed by atoms with Gasteiger partial charge in [0.05, 0.1) is 5.02 Å². The Labute approximate surface area is 108 Å². The fourth-order valence-corrected chi connectivity index (χ4v) is 1.46. The van der Waals surface area contributed by atoms with Crippen LogP contribution in [0.1, 0.15) is 16.1 Å². The number of anilines is 1. The Bertz CT molecular complexity index is 626. The van der Waals surface area contributed by atoms with E-state index < -0.39 is 5.91 Å². The SMILES string of the molecule is Cn1cc(C#N)c(NC(=O)c2ccc(Cl)cn2)n1. The van der Waals surface area contributed by atoms with E-state index in [1.54, 1.807) is 13.1 Å². The van der Waals surface area contributed by atoms with E-state index in [4.69, 9.17) is 16.9 Å². The predicted molar refractivity (Wildman–Crippen MR) is 65.1 cm³/mol. The first kappa shape index (κ1) is 12.1. The normalized spacial score (nSPS) is 9.83. The molecule has 0 aliphatic carbocycles. The number of carbonyl (C=O) groups is 1. The van der Waals surface area contributed by atoms with Crippen LogP contribution in [0, 0.1) is 11.3 Å². The number of nitrogens with one attached hydrogen (secondary N) is 1. The van der Waals surface area contributed by atoms with E-state index >= 15 is 0 Å². The molecule has 1 amide bonds. The Morgan fingerprint density at radius 1 is 1.56 bits per heavy atom. The minimum Gasteiger partial charge on any atom is -0.303 e. The fraction of sp³-hybridized carbons (Fsp3) is 0.0909. The maximum atomic E-state index is 11.8. The highest BCUT2D eigenvalue weighted by molar-refractivity contribution is 6.30. The smallest absolute Gasteiger partial charge is 0.275 e. The number of aryl methyl sites for hydroxylation is 1. The van der Waals surface area contributed by atoms with Gasteiger partial charge in [-0.2, -0.15) is 10.4 Å². The summed E-state index contributed by atoms with van der Waals surface area (Å²) in [5.74, 6) is -0.233. The van der Waals surface area contributed by atoms with Gasteiger partial charge in [-0.1, -0.05) is 11.6 Å². The molecule has 0 saturated carbocycles. The molecule has 0 aliphatic rings. The van der Waals surface area contributed by atoms with Crippen molar-refractivity contribution >= 4 is 23.3 Å². The van der Waals surface area contributed by atoms with Gasteiger partial charge in [-0.25, -0.2) is 4.98 Å². The number of aromatic nitrogens is 3. The van der Waals surface area contributed by atoms with Crippen LogP contribution in [0.2, 0.25) is 5.02 Å². The van der Waals surface area contributed by atoms with Gasteiger partial charge in [0.25, 0.3) is 5.91 Å². The van der Waals surface area contributed by atoms with Crippen molar-refractivity contribution in [1.29, 1.82) is 5.26 Å². The Hall–Kier alpha value is -2.39. The van der Waals surface area contributed by atoms with E-state index in [0.717, 1.165) is 0 Å². The molecule has 2 aromatic rings. The van der Waals surface area contributed by atoms with Gasteiger partial charge in [0, 0.05) is 19.4 Å². The summed E-state index contributed by atoms with van der Waals surface area (Å²) < 4.78 is 1.45. The van der Waals surface area contributed by atoms with Crippen LogP contribution in [0.5, 0.6) is 0 Å². The predicted octanol–water partition coefficient (Wildman–Crippen LogP) is 1.59. The Morgan fingerprint density at radius 3 is 2.94 bits per heavy atom. The third-order valence-electron chi connectivity index (χ3n) is 2.14. The summed E-state index contributed by atoms with van der Waals surface area (Å²) in [6.45, 7) is 0. The Kier molecular flexibility index (Phi) is 3.26. The number of amides is 1. The minimum absolute atomic E-state index is 0.203. The van der Waals surface area contributed by atoms with Crippen molar-refractivity contribution in [3.8, 4) is 6.07 Å². The highest BCUT2D eigenvalue weighted by atomic mass is 35.5. The van der Waals surface area contributed by atoms with Gasteiger partial charge >= 0.3 is 0 Å².